The summed E-state index contributed by atoms with van der Waals surface area (Å²) in [5.41, 5.74) is 5.94. The van der Waals surface area contributed by atoms with Crippen molar-refractivity contribution >= 4 is 10.0 Å². The van der Waals surface area contributed by atoms with Gasteiger partial charge in [-0.3, -0.25) is 4.98 Å². The topological polar surface area (TPSA) is 76.3 Å². The van der Waals surface area contributed by atoms with Crippen LogP contribution in [0.25, 0.3) is 0 Å². The van der Waals surface area contributed by atoms with E-state index in [1.807, 2.05) is 20.8 Å². The largest absolute Gasteiger partial charge is 0.325 e. The molecule has 102 valence electrons. The molecule has 1 atom stereocenters. The van der Waals surface area contributed by atoms with Crippen LogP contribution in [0.5, 0.6) is 0 Å². The van der Waals surface area contributed by atoms with Gasteiger partial charge in [-0.2, -0.15) is 4.31 Å². The zero-order chi connectivity index (χ0) is 13.9. The first-order valence-corrected chi connectivity index (χ1v) is 7.38. The fraction of sp³-hybridized carbons (Fsp3) is 0.583. The minimum absolute atomic E-state index is 0.0826. The number of nitrogens with zero attached hydrogens (tertiary/aromatic N) is 2. The van der Waals surface area contributed by atoms with Gasteiger partial charge < -0.3 is 5.73 Å². The van der Waals surface area contributed by atoms with Gasteiger partial charge in [-0.25, -0.2) is 8.42 Å². The first kappa shape index (κ1) is 15.1. The van der Waals surface area contributed by atoms with E-state index in [9.17, 15) is 8.42 Å². The van der Waals surface area contributed by atoms with Gasteiger partial charge in [-0.15, -0.1) is 0 Å². The number of hydrogen-bond donors (Lipinski definition) is 1. The second kappa shape index (κ2) is 5.77. The molecule has 0 spiro atoms. The second-order valence-corrected chi connectivity index (χ2v) is 6.62. The van der Waals surface area contributed by atoms with Crippen molar-refractivity contribution in [3.05, 3.63) is 24.0 Å². The molecule has 18 heavy (non-hydrogen) atoms. The molecule has 0 saturated carbocycles. The first-order valence-electron chi connectivity index (χ1n) is 5.94. The molecule has 5 nitrogen and oxygen atoms in total. The van der Waals surface area contributed by atoms with Crippen molar-refractivity contribution in [2.24, 2.45) is 11.7 Å². The normalized spacial score (nSPS) is 14.2. The van der Waals surface area contributed by atoms with Gasteiger partial charge in [-0.05, 0) is 25.0 Å². The van der Waals surface area contributed by atoms with E-state index in [0.717, 1.165) is 0 Å². The Balaban J connectivity index is 3.21. The lowest BCUT2D eigenvalue weighted by Crippen LogP contribution is -2.38. The monoisotopic (exact) mass is 271 g/mol. The molecule has 1 rings (SSSR count). The second-order valence-electron chi connectivity index (χ2n) is 4.66. The number of sulfonamides is 1. The van der Waals surface area contributed by atoms with Gasteiger partial charge in [0.15, 0.2) is 0 Å². The van der Waals surface area contributed by atoms with E-state index in [0.29, 0.717) is 5.69 Å². The smallest absolute Gasteiger partial charge is 0.244 e. The lowest BCUT2D eigenvalue weighted by atomic mass is 10.1. The van der Waals surface area contributed by atoms with Gasteiger partial charge in [-0.1, -0.05) is 13.8 Å². The Morgan fingerprint density at radius 2 is 2.00 bits per heavy atom. The van der Waals surface area contributed by atoms with E-state index in [2.05, 4.69) is 4.98 Å². The van der Waals surface area contributed by atoms with Crippen LogP contribution in [0.3, 0.4) is 0 Å². The highest BCUT2D eigenvalue weighted by Crippen LogP contribution is 2.21. The Kier molecular flexibility index (Phi) is 4.84. The number of hydrogen-bond acceptors (Lipinski definition) is 4. The van der Waals surface area contributed by atoms with Crippen molar-refractivity contribution in [2.45, 2.75) is 38.3 Å². The molecule has 2 N–H and O–H groups in total. The maximum Gasteiger partial charge on any atom is 0.244 e. The number of nitrogens with two attached hydrogens (primary N) is 1. The summed E-state index contributed by atoms with van der Waals surface area (Å²) in [7, 11) is -1.94. The Hall–Kier alpha value is -0.980. The first-order chi connectivity index (χ1) is 8.32. The average molecular weight is 271 g/mol. The molecule has 0 bridgehead atoms. The minimum atomic E-state index is -3.54. The molecule has 1 aromatic heterocycles. The average Bonchev–Trinajstić information content (AvgIpc) is 2.36. The highest BCUT2D eigenvalue weighted by atomic mass is 32.2. The molecule has 1 heterocycles. The molecule has 0 aliphatic rings. The van der Waals surface area contributed by atoms with Crippen LogP contribution in [0.15, 0.2) is 23.2 Å². The van der Waals surface area contributed by atoms with Crippen molar-refractivity contribution in [1.82, 2.24) is 9.29 Å². The SMILES string of the molecule is CC(C)C(C)N(C)S(=O)(=O)c1cccnc1CN. The predicted molar refractivity (Wildman–Crippen MR) is 71.4 cm³/mol. The molecule has 0 aliphatic heterocycles. The van der Waals surface area contributed by atoms with Crippen molar-refractivity contribution in [2.75, 3.05) is 7.05 Å². The molecule has 0 radical (unpaired) electrons. The molecule has 1 aromatic rings. The Morgan fingerprint density at radius 1 is 1.39 bits per heavy atom. The fourth-order valence-corrected chi connectivity index (χ4v) is 3.28. The molecule has 0 aromatic carbocycles. The highest BCUT2D eigenvalue weighted by Gasteiger charge is 2.28. The third-order valence-corrected chi connectivity index (χ3v) is 5.26. The molecule has 1 unspecified atom stereocenters. The number of aromatic nitrogens is 1. The van der Waals surface area contributed by atoms with Crippen molar-refractivity contribution in [3.8, 4) is 0 Å². The standard InChI is InChI=1S/C12H21N3O2S/c1-9(2)10(3)15(4)18(16,17)12-6-5-7-14-11(12)8-13/h5-7,9-10H,8,13H2,1-4H3. The minimum Gasteiger partial charge on any atom is -0.325 e. The third-order valence-electron chi connectivity index (χ3n) is 3.24. The maximum atomic E-state index is 12.5. The van der Waals surface area contributed by atoms with Gasteiger partial charge in [0, 0.05) is 25.8 Å². The van der Waals surface area contributed by atoms with Crippen LogP contribution < -0.4 is 5.73 Å². The lowest BCUT2D eigenvalue weighted by Gasteiger charge is -2.27. The zero-order valence-electron chi connectivity index (χ0n) is 11.3. The summed E-state index contributed by atoms with van der Waals surface area (Å²) in [6.07, 6.45) is 1.55. The summed E-state index contributed by atoms with van der Waals surface area (Å²) in [6.45, 7) is 5.98. The third kappa shape index (κ3) is 2.88. The highest BCUT2D eigenvalue weighted by molar-refractivity contribution is 7.89. The van der Waals surface area contributed by atoms with Crippen LogP contribution in [0.2, 0.25) is 0 Å². The Bertz CT molecular complexity index is 500. The molecular formula is C12H21N3O2S. The summed E-state index contributed by atoms with van der Waals surface area (Å²) in [5, 5.41) is 0. The van der Waals surface area contributed by atoms with Crippen molar-refractivity contribution in [3.63, 3.8) is 0 Å². The quantitative estimate of drug-likeness (QED) is 0.873. The van der Waals surface area contributed by atoms with Gasteiger partial charge in [0.1, 0.15) is 4.90 Å². The maximum absolute atomic E-state index is 12.5. The summed E-state index contributed by atoms with van der Waals surface area (Å²) in [4.78, 5) is 4.22. The van der Waals surface area contributed by atoms with E-state index in [1.165, 1.54) is 4.31 Å². The van der Waals surface area contributed by atoms with Gasteiger partial charge in [0.25, 0.3) is 0 Å². The molecule has 6 heteroatoms. The summed E-state index contributed by atoms with van der Waals surface area (Å²) >= 11 is 0. The van der Waals surface area contributed by atoms with E-state index in [1.54, 1.807) is 25.4 Å². The summed E-state index contributed by atoms with van der Waals surface area (Å²) < 4.78 is 26.4. The van der Waals surface area contributed by atoms with Gasteiger partial charge in [0.2, 0.25) is 10.0 Å². The molecule has 0 aliphatic carbocycles. The summed E-state index contributed by atoms with van der Waals surface area (Å²) in [6, 6.07) is 3.08. The van der Waals surface area contributed by atoms with E-state index < -0.39 is 10.0 Å². The molecular weight excluding hydrogens is 250 g/mol. The van der Waals surface area contributed by atoms with E-state index in [4.69, 9.17) is 5.73 Å². The van der Waals surface area contributed by atoms with Gasteiger partial charge in [0.05, 0.1) is 5.69 Å². The van der Waals surface area contributed by atoms with Crippen LogP contribution in [0.4, 0.5) is 0 Å². The lowest BCUT2D eigenvalue weighted by molar-refractivity contribution is 0.315. The fourth-order valence-electron chi connectivity index (χ4n) is 1.61. The van der Waals surface area contributed by atoms with Crippen molar-refractivity contribution in [1.29, 1.82) is 0 Å². The molecule has 0 fully saturated rings. The zero-order valence-corrected chi connectivity index (χ0v) is 12.1. The van der Waals surface area contributed by atoms with Crippen molar-refractivity contribution < 1.29 is 8.42 Å². The molecule has 0 amide bonds. The Labute approximate surface area is 109 Å². The number of pyridine rings is 1. The van der Waals surface area contributed by atoms with E-state index in [-0.39, 0.29) is 23.4 Å². The van der Waals surface area contributed by atoms with Crippen LogP contribution in [-0.4, -0.2) is 30.8 Å². The van der Waals surface area contributed by atoms with Crippen LogP contribution in [0.1, 0.15) is 26.5 Å². The van der Waals surface area contributed by atoms with Crippen LogP contribution >= 0.6 is 0 Å². The summed E-state index contributed by atoms with van der Waals surface area (Å²) in [5.74, 6) is 0.239. The number of rotatable bonds is 5. The van der Waals surface area contributed by atoms with Crippen LogP contribution in [0, 0.1) is 5.92 Å². The van der Waals surface area contributed by atoms with Crippen LogP contribution in [-0.2, 0) is 16.6 Å². The van der Waals surface area contributed by atoms with Gasteiger partial charge >= 0.3 is 0 Å². The van der Waals surface area contributed by atoms with E-state index >= 15 is 0 Å². The molecule has 0 saturated heterocycles. The predicted octanol–water partition coefficient (Wildman–Crippen LogP) is 1.21. The Morgan fingerprint density at radius 3 is 2.50 bits per heavy atom.